The van der Waals surface area contributed by atoms with Crippen LogP contribution in [0.5, 0.6) is 0 Å². The average Bonchev–Trinajstić information content (AvgIpc) is 2.14. The van der Waals surface area contributed by atoms with Crippen molar-refractivity contribution < 1.29 is 9.53 Å². The third-order valence-corrected chi connectivity index (χ3v) is 2.09. The Morgan fingerprint density at radius 2 is 2.62 bits per heavy atom. The fourth-order valence-electron chi connectivity index (χ4n) is 0.470. The molecule has 1 fully saturated rings. The summed E-state index contributed by atoms with van der Waals surface area (Å²) >= 11 is 5.36. The number of ether oxygens (including phenoxy) is 1. The highest BCUT2D eigenvalue weighted by Gasteiger charge is 2.20. The topological polar surface area (TPSA) is 29.5 Å². The van der Waals surface area contributed by atoms with Crippen LogP contribution in [0.3, 0.4) is 0 Å². The van der Waals surface area contributed by atoms with Gasteiger partial charge in [0.25, 0.3) is 0 Å². The molecule has 1 aliphatic heterocycles. The second kappa shape index (κ2) is 2.51. The van der Waals surface area contributed by atoms with Crippen LogP contribution in [-0.4, -0.2) is 23.9 Å². The Morgan fingerprint density at radius 3 is 2.88 bits per heavy atom. The van der Waals surface area contributed by atoms with Crippen molar-refractivity contribution in [3.8, 4) is 0 Å². The molecule has 5 heteroatoms. The molecule has 1 aliphatic rings. The monoisotopic (exact) mass is 153 g/mol. The van der Waals surface area contributed by atoms with Crippen LogP contribution in [-0.2, 0) is 4.74 Å². The van der Waals surface area contributed by atoms with Gasteiger partial charge in [-0.1, -0.05) is 11.2 Å². The van der Waals surface area contributed by atoms with Gasteiger partial charge < -0.3 is 4.74 Å². The predicted molar refractivity (Wildman–Crippen MR) is 32.2 cm³/mol. The maximum atomic E-state index is 10.4. The zero-order valence-electron chi connectivity index (χ0n) is 4.06. The number of rotatable bonds is 1. The van der Waals surface area contributed by atoms with E-state index in [1.807, 2.05) is 0 Å². The molecule has 1 heterocycles. The summed E-state index contributed by atoms with van der Waals surface area (Å²) in [5, 5.41) is 0. The van der Waals surface area contributed by atoms with E-state index in [2.05, 4.69) is 4.74 Å². The van der Waals surface area contributed by atoms with Crippen LogP contribution in [0.2, 0.25) is 0 Å². The summed E-state index contributed by atoms with van der Waals surface area (Å²) in [5.41, 5.74) is 0. The highest BCUT2D eigenvalue weighted by molar-refractivity contribution is 7.67. The molecule has 1 amide bonds. The lowest BCUT2D eigenvalue weighted by Crippen LogP contribution is -2.11. The first-order valence-corrected chi connectivity index (χ1v) is 4.11. The summed E-state index contributed by atoms with van der Waals surface area (Å²) in [6, 6.07) is 0. The number of amides is 1. The molecular weight excluding hydrogens is 148 g/mol. The Morgan fingerprint density at radius 1 is 1.88 bits per heavy atom. The molecule has 0 saturated carbocycles. The molecular formula is C3H5ClNO2P. The van der Waals surface area contributed by atoms with E-state index in [4.69, 9.17) is 11.2 Å². The Labute approximate surface area is 53.6 Å². The predicted octanol–water partition coefficient (Wildman–Crippen LogP) is 1.19. The van der Waals surface area contributed by atoms with Gasteiger partial charge in [0, 0.05) is 0 Å². The Kier molecular flexibility index (Phi) is 1.92. The number of cyclic esters (lactones) is 1. The van der Waals surface area contributed by atoms with Crippen LogP contribution in [0.25, 0.3) is 0 Å². The minimum atomic E-state index is -0.293. The van der Waals surface area contributed by atoms with Crippen LogP contribution in [0, 0.1) is 0 Å². The molecule has 0 aromatic carbocycles. The van der Waals surface area contributed by atoms with Gasteiger partial charge in [-0.05, 0) is 0 Å². The average molecular weight is 154 g/mol. The lowest BCUT2D eigenvalue weighted by molar-refractivity contribution is 0.171. The van der Waals surface area contributed by atoms with Gasteiger partial charge in [-0.2, -0.15) is 0 Å². The minimum Gasteiger partial charge on any atom is -0.447 e. The molecule has 1 unspecified atom stereocenters. The smallest absolute Gasteiger partial charge is 0.413 e. The lowest BCUT2D eigenvalue weighted by Gasteiger charge is -2.03. The second-order valence-corrected chi connectivity index (χ2v) is 2.57. The zero-order valence-corrected chi connectivity index (χ0v) is 5.81. The first-order valence-electron chi connectivity index (χ1n) is 2.15. The Bertz CT molecular complexity index is 109. The van der Waals surface area contributed by atoms with Gasteiger partial charge in [0.1, 0.15) is 6.61 Å². The summed E-state index contributed by atoms with van der Waals surface area (Å²) in [6.07, 6.45) is -0.293. The van der Waals surface area contributed by atoms with Crippen molar-refractivity contribution in [3.63, 3.8) is 0 Å². The summed E-state index contributed by atoms with van der Waals surface area (Å²) < 4.78 is 6.03. The van der Waals surface area contributed by atoms with Crippen molar-refractivity contribution in [1.82, 2.24) is 4.67 Å². The molecule has 1 atom stereocenters. The minimum absolute atomic E-state index is 0.0228. The molecule has 0 aliphatic carbocycles. The number of hydrogen-bond donors (Lipinski definition) is 0. The normalized spacial score (nSPS) is 20.6. The van der Waals surface area contributed by atoms with Crippen LogP contribution in [0.15, 0.2) is 0 Å². The van der Waals surface area contributed by atoms with E-state index in [0.717, 1.165) is 0 Å². The van der Waals surface area contributed by atoms with E-state index < -0.39 is 0 Å². The molecule has 0 radical (unpaired) electrons. The molecule has 0 aromatic rings. The SMILES string of the molecule is O=C1OCCN1PCl. The van der Waals surface area contributed by atoms with Gasteiger partial charge in [-0.3, -0.25) is 4.67 Å². The molecule has 0 bridgehead atoms. The fraction of sp³-hybridized carbons (Fsp3) is 0.667. The number of nitrogens with zero attached hydrogens (tertiary/aromatic N) is 1. The van der Waals surface area contributed by atoms with E-state index in [1.165, 1.54) is 4.67 Å². The summed E-state index contributed by atoms with van der Waals surface area (Å²) in [6.45, 7) is 1.12. The van der Waals surface area contributed by atoms with Crippen molar-refractivity contribution in [3.05, 3.63) is 0 Å². The first-order chi connectivity index (χ1) is 3.84. The van der Waals surface area contributed by atoms with Crippen molar-refractivity contribution in [1.29, 1.82) is 0 Å². The van der Waals surface area contributed by atoms with E-state index in [-0.39, 0.29) is 14.2 Å². The molecule has 0 N–H and O–H groups in total. The Balaban J connectivity index is 2.42. The van der Waals surface area contributed by atoms with Crippen LogP contribution < -0.4 is 0 Å². The standard InChI is InChI=1S/C3H5ClNO2P/c4-8-5-1-2-7-3(5)6/h8H,1-2H2. The summed E-state index contributed by atoms with van der Waals surface area (Å²) in [4.78, 5) is 10.4. The summed E-state index contributed by atoms with van der Waals surface area (Å²) in [7, 11) is 0.0228. The lowest BCUT2D eigenvalue weighted by atomic mass is 10.7. The number of carbonyl (C=O) groups excluding carboxylic acids is 1. The van der Waals surface area contributed by atoms with Gasteiger partial charge in [0.05, 0.1) is 14.6 Å². The largest absolute Gasteiger partial charge is 0.447 e. The quantitative estimate of drug-likeness (QED) is 0.530. The highest BCUT2D eigenvalue weighted by atomic mass is 35.7. The third kappa shape index (κ3) is 1.04. The van der Waals surface area contributed by atoms with Crippen LogP contribution >= 0.6 is 19.3 Å². The van der Waals surface area contributed by atoms with Crippen molar-refractivity contribution in [2.24, 2.45) is 0 Å². The van der Waals surface area contributed by atoms with Crippen molar-refractivity contribution >= 4 is 25.4 Å². The van der Waals surface area contributed by atoms with E-state index in [9.17, 15) is 4.79 Å². The van der Waals surface area contributed by atoms with Crippen LogP contribution in [0.1, 0.15) is 0 Å². The fourth-order valence-corrected chi connectivity index (χ4v) is 1.24. The van der Waals surface area contributed by atoms with Gasteiger partial charge in [-0.25, -0.2) is 4.79 Å². The molecule has 1 saturated heterocycles. The molecule has 1 rings (SSSR count). The van der Waals surface area contributed by atoms with Crippen molar-refractivity contribution in [2.75, 3.05) is 13.2 Å². The first kappa shape index (κ1) is 6.12. The van der Waals surface area contributed by atoms with Gasteiger partial charge >= 0.3 is 6.09 Å². The number of carbonyl (C=O) groups is 1. The van der Waals surface area contributed by atoms with Gasteiger partial charge in [-0.15, -0.1) is 0 Å². The zero-order chi connectivity index (χ0) is 5.98. The van der Waals surface area contributed by atoms with E-state index in [1.54, 1.807) is 0 Å². The van der Waals surface area contributed by atoms with Crippen molar-refractivity contribution in [2.45, 2.75) is 0 Å². The van der Waals surface area contributed by atoms with E-state index >= 15 is 0 Å². The molecule has 3 nitrogen and oxygen atoms in total. The molecule has 0 spiro atoms. The Hall–Kier alpha value is -0.0100. The number of halogens is 1. The molecule has 0 aromatic heterocycles. The molecule has 8 heavy (non-hydrogen) atoms. The maximum absolute atomic E-state index is 10.4. The number of hydrogen-bond acceptors (Lipinski definition) is 2. The maximum Gasteiger partial charge on any atom is 0.413 e. The third-order valence-electron chi connectivity index (χ3n) is 0.863. The van der Waals surface area contributed by atoms with E-state index in [0.29, 0.717) is 13.2 Å². The van der Waals surface area contributed by atoms with Crippen LogP contribution in [0.4, 0.5) is 4.79 Å². The second-order valence-electron chi connectivity index (χ2n) is 1.35. The summed E-state index contributed by atoms with van der Waals surface area (Å²) in [5.74, 6) is 0. The van der Waals surface area contributed by atoms with Gasteiger partial charge in [0.2, 0.25) is 0 Å². The highest BCUT2D eigenvalue weighted by Crippen LogP contribution is 2.25. The van der Waals surface area contributed by atoms with Gasteiger partial charge in [0.15, 0.2) is 0 Å². The molecule has 46 valence electrons.